The Morgan fingerprint density at radius 3 is 2.76 bits per heavy atom. The Balaban J connectivity index is 2.67. The molecule has 0 amide bonds. The first kappa shape index (κ1) is 14.1. The number of carbonyl (C=O) groups excluding carboxylic acids is 1. The summed E-state index contributed by atoms with van der Waals surface area (Å²) in [5.41, 5.74) is 0.756. The first-order valence-corrected chi connectivity index (χ1v) is 6.59. The van der Waals surface area contributed by atoms with Gasteiger partial charge >= 0.3 is 5.97 Å². The van der Waals surface area contributed by atoms with Crippen molar-refractivity contribution in [3.63, 3.8) is 0 Å². The Morgan fingerprint density at radius 1 is 1.53 bits per heavy atom. The fourth-order valence-electron chi connectivity index (χ4n) is 1.55. The summed E-state index contributed by atoms with van der Waals surface area (Å²) >= 11 is 1.53. The molecular formula is C12H19NO3S. The SMILES string of the molecule is CCOC(=O)Cc1csc(C(OC)C(C)C)n1. The van der Waals surface area contributed by atoms with Crippen molar-refractivity contribution in [3.8, 4) is 0 Å². The molecule has 0 aliphatic carbocycles. The molecule has 0 aliphatic heterocycles. The van der Waals surface area contributed by atoms with E-state index in [0.717, 1.165) is 10.7 Å². The van der Waals surface area contributed by atoms with Crippen LogP contribution in [0.25, 0.3) is 0 Å². The highest BCUT2D eigenvalue weighted by molar-refractivity contribution is 7.09. The zero-order valence-electron chi connectivity index (χ0n) is 10.7. The van der Waals surface area contributed by atoms with E-state index in [1.165, 1.54) is 11.3 Å². The van der Waals surface area contributed by atoms with Crippen LogP contribution < -0.4 is 0 Å². The molecule has 0 fully saturated rings. The number of hydrogen-bond donors (Lipinski definition) is 0. The van der Waals surface area contributed by atoms with Gasteiger partial charge in [0.1, 0.15) is 11.1 Å². The maximum absolute atomic E-state index is 11.3. The van der Waals surface area contributed by atoms with Crippen LogP contribution in [0.1, 0.15) is 37.6 Å². The molecule has 1 heterocycles. The van der Waals surface area contributed by atoms with Crippen molar-refractivity contribution in [1.29, 1.82) is 0 Å². The lowest BCUT2D eigenvalue weighted by Gasteiger charge is -2.15. The molecule has 0 bridgehead atoms. The minimum Gasteiger partial charge on any atom is -0.466 e. The van der Waals surface area contributed by atoms with E-state index in [4.69, 9.17) is 9.47 Å². The average molecular weight is 257 g/mol. The zero-order valence-corrected chi connectivity index (χ0v) is 11.5. The topological polar surface area (TPSA) is 48.4 Å². The minimum atomic E-state index is -0.233. The number of thiazole rings is 1. The molecule has 0 spiro atoms. The second-order valence-corrected chi connectivity index (χ2v) is 4.95. The van der Waals surface area contributed by atoms with Crippen molar-refractivity contribution in [2.45, 2.75) is 33.3 Å². The maximum atomic E-state index is 11.3. The summed E-state index contributed by atoms with van der Waals surface area (Å²) in [6, 6.07) is 0. The maximum Gasteiger partial charge on any atom is 0.311 e. The molecule has 0 radical (unpaired) electrons. The van der Waals surface area contributed by atoms with Crippen LogP contribution in [0.2, 0.25) is 0 Å². The highest BCUT2D eigenvalue weighted by atomic mass is 32.1. The van der Waals surface area contributed by atoms with Gasteiger partial charge in [-0.3, -0.25) is 4.79 Å². The largest absolute Gasteiger partial charge is 0.466 e. The first-order valence-electron chi connectivity index (χ1n) is 5.71. The summed E-state index contributed by atoms with van der Waals surface area (Å²) in [5.74, 6) is 0.129. The van der Waals surface area contributed by atoms with Gasteiger partial charge in [0.05, 0.1) is 18.7 Å². The first-order chi connectivity index (χ1) is 8.08. The van der Waals surface area contributed by atoms with E-state index in [0.29, 0.717) is 12.5 Å². The van der Waals surface area contributed by atoms with Gasteiger partial charge in [-0.2, -0.15) is 0 Å². The van der Waals surface area contributed by atoms with Crippen molar-refractivity contribution >= 4 is 17.3 Å². The number of aromatic nitrogens is 1. The van der Waals surface area contributed by atoms with Crippen molar-refractivity contribution in [2.24, 2.45) is 5.92 Å². The molecule has 5 heteroatoms. The predicted octanol–water partition coefficient (Wildman–Crippen LogP) is 2.59. The molecule has 1 atom stereocenters. The normalized spacial score (nSPS) is 12.8. The summed E-state index contributed by atoms with van der Waals surface area (Å²) in [5, 5.41) is 2.81. The van der Waals surface area contributed by atoms with Gasteiger partial charge in [-0.1, -0.05) is 13.8 Å². The van der Waals surface area contributed by atoms with Crippen LogP contribution in [0.3, 0.4) is 0 Å². The zero-order chi connectivity index (χ0) is 12.8. The monoisotopic (exact) mass is 257 g/mol. The fraction of sp³-hybridized carbons (Fsp3) is 0.667. The van der Waals surface area contributed by atoms with Crippen LogP contribution in [0, 0.1) is 5.92 Å². The minimum absolute atomic E-state index is 0.00375. The molecule has 0 N–H and O–H groups in total. The van der Waals surface area contributed by atoms with E-state index in [-0.39, 0.29) is 18.5 Å². The summed E-state index contributed by atoms with van der Waals surface area (Å²) < 4.78 is 10.3. The molecule has 17 heavy (non-hydrogen) atoms. The number of nitrogens with zero attached hydrogens (tertiary/aromatic N) is 1. The fourth-order valence-corrected chi connectivity index (χ4v) is 2.62. The second kappa shape index (κ2) is 6.71. The third-order valence-electron chi connectivity index (χ3n) is 2.30. The van der Waals surface area contributed by atoms with E-state index < -0.39 is 0 Å². The Bertz CT molecular complexity index is 362. The van der Waals surface area contributed by atoms with Crippen molar-refractivity contribution < 1.29 is 14.3 Å². The number of ether oxygens (including phenoxy) is 2. The second-order valence-electron chi connectivity index (χ2n) is 4.06. The quantitative estimate of drug-likeness (QED) is 0.735. The molecule has 0 aromatic carbocycles. The lowest BCUT2D eigenvalue weighted by atomic mass is 10.1. The van der Waals surface area contributed by atoms with E-state index in [2.05, 4.69) is 18.8 Å². The van der Waals surface area contributed by atoms with Gasteiger partial charge in [-0.15, -0.1) is 11.3 Å². The third-order valence-corrected chi connectivity index (χ3v) is 3.26. The molecule has 1 aromatic rings. The number of carbonyl (C=O) groups is 1. The van der Waals surface area contributed by atoms with Gasteiger partial charge in [0, 0.05) is 12.5 Å². The van der Waals surface area contributed by atoms with Gasteiger partial charge in [0.25, 0.3) is 0 Å². The number of hydrogen-bond acceptors (Lipinski definition) is 5. The Kier molecular flexibility index (Phi) is 5.58. The van der Waals surface area contributed by atoms with E-state index in [1.54, 1.807) is 14.0 Å². The van der Waals surface area contributed by atoms with Gasteiger partial charge in [-0.25, -0.2) is 4.98 Å². The van der Waals surface area contributed by atoms with Crippen LogP contribution >= 0.6 is 11.3 Å². The summed E-state index contributed by atoms with van der Waals surface area (Å²) in [4.78, 5) is 15.7. The lowest BCUT2D eigenvalue weighted by Crippen LogP contribution is -2.10. The average Bonchev–Trinajstić information content (AvgIpc) is 2.67. The van der Waals surface area contributed by atoms with Crippen LogP contribution in [0.4, 0.5) is 0 Å². The highest BCUT2D eigenvalue weighted by Crippen LogP contribution is 2.27. The van der Waals surface area contributed by atoms with E-state index >= 15 is 0 Å². The van der Waals surface area contributed by atoms with Crippen LogP contribution in [0.15, 0.2) is 5.38 Å². The summed E-state index contributed by atoms with van der Waals surface area (Å²) in [6.45, 7) is 6.37. The predicted molar refractivity (Wildman–Crippen MR) is 67.0 cm³/mol. The number of methoxy groups -OCH3 is 1. The van der Waals surface area contributed by atoms with Crippen molar-refractivity contribution in [1.82, 2.24) is 4.98 Å². The van der Waals surface area contributed by atoms with Gasteiger partial charge in [0.2, 0.25) is 0 Å². The number of rotatable bonds is 6. The summed E-state index contributed by atoms with van der Waals surface area (Å²) in [7, 11) is 1.68. The third kappa shape index (κ3) is 4.09. The highest BCUT2D eigenvalue weighted by Gasteiger charge is 2.19. The Hall–Kier alpha value is -0.940. The van der Waals surface area contributed by atoms with Gasteiger partial charge < -0.3 is 9.47 Å². The molecule has 0 saturated heterocycles. The Labute approximate surface area is 106 Å². The molecule has 96 valence electrons. The molecule has 1 unspecified atom stereocenters. The van der Waals surface area contributed by atoms with Crippen LogP contribution in [-0.4, -0.2) is 24.7 Å². The molecule has 1 aromatic heterocycles. The Morgan fingerprint density at radius 2 is 2.24 bits per heavy atom. The smallest absolute Gasteiger partial charge is 0.311 e. The van der Waals surface area contributed by atoms with E-state index in [9.17, 15) is 4.79 Å². The number of esters is 1. The van der Waals surface area contributed by atoms with E-state index in [1.807, 2.05) is 5.38 Å². The van der Waals surface area contributed by atoms with Crippen LogP contribution in [0.5, 0.6) is 0 Å². The molecule has 0 saturated carbocycles. The standard InChI is InChI=1S/C12H19NO3S/c1-5-16-10(14)6-9-7-17-12(13-9)11(15-4)8(2)3/h7-8,11H,5-6H2,1-4H3. The van der Waals surface area contributed by atoms with Crippen molar-refractivity contribution in [3.05, 3.63) is 16.1 Å². The molecule has 0 aliphatic rings. The molecule has 4 nitrogen and oxygen atoms in total. The summed E-state index contributed by atoms with van der Waals surface area (Å²) in [6.07, 6.45) is 0.231. The molecule has 1 rings (SSSR count). The molecular weight excluding hydrogens is 238 g/mol. The van der Waals surface area contributed by atoms with Gasteiger partial charge in [-0.05, 0) is 12.8 Å². The lowest BCUT2D eigenvalue weighted by molar-refractivity contribution is -0.142. The van der Waals surface area contributed by atoms with Gasteiger partial charge in [0.15, 0.2) is 0 Å². The van der Waals surface area contributed by atoms with Crippen molar-refractivity contribution in [2.75, 3.05) is 13.7 Å². The van der Waals surface area contributed by atoms with Crippen LogP contribution in [-0.2, 0) is 20.7 Å².